The van der Waals surface area contributed by atoms with Gasteiger partial charge in [-0.15, -0.1) is 0 Å². The van der Waals surface area contributed by atoms with E-state index in [9.17, 15) is 14.7 Å². The van der Waals surface area contributed by atoms with Crippen LogP contribution in [0.5, 0.6) is 0 Å². The van der Waals surface area contributed by atoms with Gasteiger partial charge < -0.3 is 14.7 Å². The van der Waals surface area contributed by atoms with Crippen LogP contribution in [0.25, 0.3) is 0 Å². The van der Waals surface area contributed by atoms with Gasteiger partial charge in [-0.3, -0.25) is 14.5 Å². The lowest BCUT2D eigenvalue weighted by Crippen LogP contribution is -2.58. The van der Waals surface area contributed by atoms with Crippen LogP contribution in [0.15, 0.2) is 0 Å². The molecule has 1 unspecified atom stereocenters. The molecule has 2 heterocycles. The molecule has 0 spiro atoms. The van der Waals surface area contributed by atoms with Crippen LogP contribution in [0.1, 0.15) is 26.2 Å². The third kappa shape index (κ3) is 3.06. The molecule has 1 atom stereocenters. The number of carboxylic acids is 1. The molecule has 2 rings (SSSR count). The van der Waals surface area contributed by atoms with Crippen molar-refractivity contribution in [3.63, 3.8) is 0 Å². The van der Waals surface area contributed by atoms with E-state index < -0.39 is 11.5 Å². The van der Waals surface area contributed by atoms with Gasteiger partial charge in [0.15, 0.2) is 0 Å². The molecule has 2 aliphatic heterocycles. The average molecular weight is 270 g/mol. The number of hydrogen-bond donors (Lipinski definition) is 1. The average Bonchev–Trinajstić information content (AvgIpc) is 2.42. The molecule has 0 aromatic rings. The Bertz CT molecular complexity index is 355. The summed E-state index contributed by atoms with van der Waals surface area (Å²) in [6, 6.07) is 0. The van der Waals surface area contributed by atoms with Crippen LogP contribution in [-0.2, 0) is 14.3 Å². The van der Waals surface area contributed by atoms with E-state index in [0.29, 0.717) is 39.3 Å². The van der Waals surface area contributed by atoms with Crippen LogP contribution in [0.3, 0.4) is 0 Å². The number of nitrogens with zero attached hydrogens (tertiary/aromatic N) is 2. The van der Waals surface area contributed by atoms with E-state index in [1.807, 2.05) is 4.90 Å². The zero-order chi connectivity index (χ0) is 13.9. The SMILES string of the molecule is CC1(C(=O)O)CCCCN1CC(=O)N1CCOCC1. The van der Waals surface area contributed by atoms with Crippen molar-refractivity contribution in [2.75, 3.05) is 39.4 Å². The topological polar surface area (TPSA) is 70.1 Å². The second-order valence-electron chi connectivity index (χ2n) is 5.45. The Kier molecular flexibility index (Phi) is 4.42. The van der Waals surface area contributed by atoms with Crippen molar-refractivity contribution in [3.8, 4) is 0 Å². The molecule has 1 amide bonds. The Balaban J connectivity index is 1.99. The van der Waals surface area contributed by atoms with Crippen LogP contribution < -0.4 is 0 Å². The lowest BCUT2D eigenvalue weighted by Gasteiger charge is -2.42. The van der Waals surface area contributed by atoms with E-state index in [1.165, 1.54) is 0 Å². The first kappa shape index (κ1) is 14.3. The molecule has 2 saturated heterocycles. The summed E-state index contributed by atoms with van der Waals surface area (Å²) in [5.41, 5.74) is -0.903. The molecular weight excluding hydrogens is 248 g/mol. The minimum absolute atomic E-state index is 0.0117. The number of rotatable bonds is 3. The largest absolute Gasteiger partial charge is 0.480 e. The summed E-state index contributed by atoms with van der Waals surface area (Å²) in [5, 5.41) is 9.40. The third-order valence-corrected chi connectivity index (χ3v) is 4.19. The number of piperidine rings is 1. The van der Waals surface area contributed by atoms with Gasteiger partial charge in [0, 0.05) is 13.1 Å². The molecule has 0 saturated carbocycles. The van der Waals surface area contributed by atoms with Gasteiger partial charge in [0.1, 0.15) is 5.54 Å². The van der Waals surface area contributed by atoms with Crippen molar-refractivity contribution < 1.29 is 19.4 Å². The Labute approximate surface area is 113 Å². The third-order valence-electron chi connectivity index (χ3n) is 4.19. The fourth-order valence-corrected chi connectivity index (χ4v) is 2.75. The minimum Gasteiger partial charge on any atom is -0.480 e. The maximum atomic E-state index is 12.2. The number of carboxylic acid groups (broad SMARTS) is 1. The van der Waals surface area contributed by atoms with Gasteiger partial charge >= 0.3 is 5.97 Å². The molecule has 6 heteroatoms. The van der Waals surface area contributed by atoms with Crippen LogP contribution in [0.2, 0.25) is 0 Å². The van der Waals surface area contributed by atoms with Crippen molar-refractivity contribution in [2.24, 2.45) is 0 Å². The lowest BCUT2D eigenvalue weighted by atomic mass is 9.88. The summed E-state index contributed by atoms with van der Waals surface area (Å²) in [7, 11) is 0. The fourth-order valence-electron chi connectivity index (χ4n) is 2.75. The normalized spacial score (nSPS) is 29.2. The summed E-state index contributed by atoms with van der Waals surface area (Å²) >= 11 is 0. The molecule has 2 fully saturated rings. The number of aliphatic carboxylic acids is 1. The monoisotopic (exact) mass is 270 g/mol. The van der Waals surface area contributed by atoms with Gasteiger partial charge in [0.2, 0.25) is 5.91 Å². The molecule has 0 bridgehead atoms. The quantitative estimate of drug-likeness (QED) is 0.792. The summed E-state index contributed by atoms with van der Waals surface area (Å²) in [6.45, 7) is 4.96. The predicted molar refractivity (Wildman–Crippen MR) is 68.9 cm³/mol. The second kappa shape index (κ2) is 5.88. The second-order valence-corrected chi connectivity index (χ2v) is 5.45. The van der Waals surface area contributed by atoms with E-state index >= 15 is 0 Å². The van der Waals surface area contributed by atoms with Crippen molar-refractivity contribution in [3.05, 3.63) is 0 Å². The Morgan fingerprint density at radius 3 is 2.53 bits per heavy atom. The summed E-state index contributed by atoms with van der Waals surface area (Å²) in [4.78, 5) is 27.3. The van der Waals surface area contributed by atoms with E-state index in [1.54, 1.807) is 11.8 Å². The number of amides is 1. The molecular formula is C13H22N2O4. The Morgan fingerprint density at radius 2 is 1.89 bits per heavy atom. The van der Waals surface area contributed by atoms with Crippen molar-refractivity contribution in [1.82, 2.24) is 9.80 Å². The van der Waals surface area contributed by atoms with Gasteiger partial charge in [-0.2, -0.15) is 0 Å². The smallest absolute Gasteiger partial charge is 0.323 e. The van der Waals surface area contributed by atoms with Crippen molar-refractivity contribution in [2.45, 2.75) is 31.7 Å². The first-order chi connectivity index (χ1) is 9.04. The molecule has 0 aromatic heterocycles. The summed E-state index contributed by atoms with van der Waals surface area (Å²) in [6.07, 6.45) is 2.48. The molecule has 6 nitrogen and oxygen atoms in total. The van der Waals surface area contributed by atoms with Crippen molar-refractivity contribution in [1.29, 1.82) is 0 Å². The molecule has 1 N–H and O–H groups in total. The first-order valence-corrected chi connectivity index (χ1v) is 6.88. The zero-order valence-electron chi connectivity index (χ0n) is 11.4. The summed E-state index contributed by atoms with van der Waals surface area (Å²) < 4.78 is 5.22. The Morgan fingerprint density at radius 1 is 1.21 bits per heavy atom. The highest BCUT2D eigenvalue weighted by atomic mass is 16.5. The molecule has 19 heavy (non-hydrogen) atoms. The highest BCUT2D eigenvalue weighted by Crippen LogP contribution is 2.28. The maximum Gasteiger partial charge on any atom is 0.323 e. The van der Waals surface area contributed by atoms with Gasteiger partial charge in [-0.25, -0.2) is 0 Å². The molecule has 0 radical (unpaired) electrons. The molecule has 108 valence electrons. The first-order valence-electron chi connectivity index (χ1n) is 6.88. The molecule has 0 aliphatic carbocycles. The predicted octanol–water partition coefficient (Wildman–Crippen LogP) is 0.174. The summed E-state index contributed by atoms with van der Waals surface area (Å²) in [5.74, 6) is -0.820. The van der Waals surface area contributed by atoms with Gasteiger partial charge in [0.05, 0.1) is 19.8 Å². The number of ether oxygens (including phenoxy) is 1. The van der Waals surface area contributed by atoms with Gasteiger partial charge in [-0.05, 0) is 32.7 Å². The van der Waals surface area contributed by atoms with Gasteiger partial charge in [-0.1, -0.05) is 0 Å². The molecule has 2 aliphatic rings. The van der Waals surface area contributed by atoms with Crippen LogP contribution in [0.4, 0.5) is 0 Å². The fraction of sp³-hybridized carbons (Fsp3) is 0.846. The van der Waals surface area contributed by atoms with E-state index in [-0.39, 0.29) is 12.5 Å². The number of carbonyl (C=O) groups excluding carboxylic acids is 1. The van der Waals surface area contributed by atoms with E-state index in [2.05, 4.69) is 0 Å². The highest BCUT2D eigenvalue weighted by Gasteiger charge is 2.42. The van der Waals surface area contributed by atoms with Crippen LogP contribution in [0, 0.1) is 0 Å². The Hall–Kier alpha value is -1.14. The number of hydrogen-bond acceptors (Lipinski definition) is 4. The minimum atomic E-state index is -0.903. The van der Waals surface area contributed by atoms with Crippen LogP contribution in [-0.4, -0.2) is 71.7 Å². The van der Waals surface area contributed by atoms with E-state index in [0.717, 1.165) is 12.8 Å². The standard InChI is InChI=1S/C13H22N2O4/c1-13(12(17)18)4-2-3-5-15(13)10-11(16)14-6-8-19-9-7-14/h2-10H2,1H3,(H,17,18). The van der Waals surface area contributed by atoms with Crippen LogP contribution >= 0.6 is 0 Å². The van der Waals surface area contributed by atoms with Crippen molar-refractivity contribution >= 4 is 11.9 Å². The number of morpholine rings is 1. The van der Waals surface area contributed by atoms with Gasteiger partial charge in [0.25, 0.3) is 0 Å². The number of carbonyl (C=O) groups is 2. The highest BCUT2D eigenvalue weighted by molar-refractivity contribution is 5.82. The lowest BCUT2D eigenvalue weighted by molar-refractivity contribution is -0.155. The molecule has 0 aromatic carbocycles. The maximum absolute atomic E-state index is 12.2. The number of likely N-dealkylation sites (tertiary alicyclic amines) is 1. The zero-order valence-corrected chi connectivity index (χ0v) is 11.4. The van der Waals surface area contributed by atoms with E-state index in [4.69, 9.17) is 4.74 Å².